The van der Waals surface area contributed by atoms with Crippen LogP contribution < -0.4 is 16.4 Å². The van der Waals surface area contributed by atoms with Gasteiger partial charge in [0, 0.05) is 12.3 Å². The van der Waals surface area contributed by atoms with E-state index in [4.69, 9.17) is 15.2 Å². The Morgan fingerprint density at radius 1 is 0.949 bits per heavy atom. The van der Waals surface area contributed by atoms with Crippen molar-refractivity contribution in [2.45, 2.75) is 37.4 Å². The highest BCUT2D eigenvalue weighted by Crippen LogP contribution is 2.44. The Morgan fingerprint density at radius 3 is 2.21 bits per heavy atom. The van der Waals surface area contributed by atoms with Gasteiger partial charge in [0.15, 0.2) is 6.04 Å². The lowest BCUT2D eigenvalue weighted by molar-refractivity contribution is -0.127. The van der Waals surface area contributed by atoms with Gasteiger partial charge in [-0.2, -0.15) is 0 Å². The molecule has 1 heterocycles. The van der Waals surface area contributed by atoms with Crippen molar-refractivity contribution in [3.05, 3.63) is 95.6 Å². The fourth-order valence-corrected chi connectivity index (χ4v) is 4.93. The van der Waals surface area contributed by atoms with Gasteiger partial charge in [-0.1, -0.05) is 78.9 Å². The highest BCUT2D eigenvalue weighted by atomic mass is 16.5. The predicted molar refractivity (Wildman–Crippen MR) is 146 cm³/mol. The van der Waals surface area contributed by atoms with Crippen LogP contribution in [0.15, 0.2) is 83.9 Å². The van der Waals surface area contributed by atoms with E-state index in [1.807, 2.05) is 54.6 Å². The summed E-state index contributed by atoms with van der Waals surface area (Å²) in [6.07, 6.45) is -0.227. The third-order valence-corrected chi connectivity index (χ3v) is 6.98. The minimum atomic E-state index is -0.857. The number of alkyl carbamates (subject to hydrolysis) is 1. The van der Waals surface area contributed by atoms with Crippen LogP contribution in [0.3, 0.4) is 0 Å². The molecule has 0 bridgehead atoms. The van der Waals surface area contributed by atoms with E-state index >= 15 is 0 Å². The highest BCUT2D eigenvalue weighted by molar-refractivity contribution is 5.94. The van der Waals surface area contributed by atoms with E-state index in [1.165, 1.54) is 6.92 Å². The Labute approximate surface area is 226 Å². The zero-order chi connectivity index (χ0) is 27.4. The Morgan fingerprint density at radius 2 is 1.56 bits per heavy atom. The summed E-state index contributed by atoms with van der Waals surface area (Å²) in [6.45, 7) is 1.66. The van der Waals surface area contributed by atoms with Crippen LogP contribution in [0.5, 0.6) is 0 Å². The van der Waals surface area contributed by atoms with Crippen LogP contribution in [-0.2, 0) is 25.5 Å². The quantitative estimate of drug-likeness (QED) is 0.395. The maximum atomic E-state index is 13.0. The van der Waals surface area contributed by atoms with Crippen molar-refractivity contribution < 1.29 is 23.9 Å². The first kappa shape index (κ1) is 26.0. The molecule has 0 saturated heterocycles. The van der Waals surface area contributed by atoms with Crippen LogP contribution in [0.25, 0.3) is 11.1 Å². The minimum absolute atomic E-state index is 0.00962. The number of hydrogen-bond acceptors (Lipinski definition) is 6. The van der Waals surface area contributed by atoms with Crippen LogP contribution in [0.2, 0.25) is 0 Å². The summed E-state index contributed by atoms with van der Waals surface area (Å²) in [6, 6.07) is 23.5. The average Bonchev–Trinajstić information content (AvgIpc) is 3.56. The molecule has 4 N–H and O–H groups in total. The molecule has 1 aliphatic carbocycles. The zero-order valence-electron chi connectivity index (χ0n) is 21.5. The van der Waals surface area contributed by atoms with E-state index in [0.717, 1.165) is 27.8 Å². The molecule has 0 unspecified atom stereocenters. The lowest BCUT2D eigenvalue weighted by Gasteiger charge is -2.20. The van der Waals surface area contributed by atoms with Crippen molar-refractivity contribution >= 4 is 23.8 Å². The maximum Gasteiger partial charge on any atom is 0.407 e. The molecule has 9 nitrogen and oxygen atoms in total. The molecule has 0 aromatic heterocycles. The van der Waals surface area contributed by atoms with Crippen molar-refractivity contribution in [1.29, 1.82) is 0 Å². The summed E-state index contributed by atoms with van der Waals surface area (Å²) in [5.41, 5.74) is 10.7. The molecule has 0 saturated carbocycles. The third kappa shape index (κ3) is 5.77. The lowest BCUT2D eigenvalue weighted by Crippen LogP contribution is -2.46. The van der Waals surface area contributed by atoms with E-state index in [9.17, 15) is 14.4 Å². The Bertz CT molecular complexity index is 1360. The molecular formula is C30H30N4O5. The first-order chi connectivity index (χ1) is 18.9. The standard InChI is InChI=1S/C30H30N4O5/c1-18(27(31)35)32-28(36)26-17-38-29(33-26)25(15-19-9-3-2-4-10-19)34-30(37)39-16-24-22-13-7-5-11-20(22)21-12-6-8-14-23(21)24/h2-14,18,24-26H,15-17H2,1H3,(H2,31,35)(H,32,36)(H,34,37)/t18-,25-,26-/m0/s1. The highest BCUT2D eigenvalue weighted by Gasteiger charge is 2.33. The van der Waals surface area contributed by atoms with Crippen LogP contribution >= 0.6 is 0 Å². The summed E-state index contributed by atoms with van der Waals surface area (Å²) in [7, 11) is 0. The van der Waals surface area contributed by atoms with Gasteiger partial charge in [0.05, 0.1) is 0 Å². The van der Waals surface area contributed by atoms with E-state index in [2.05, 4.69) is 39.9 Å². The van der Waals surface area contributed by atoms with E-state index in [0.29, 0.717) is 6.42 Å². The lowest BCUT2D eigenvalue weighted by atomic mass is 9.98. The SMILES string of the molecule is C[C@H](NC(=O)[C@@H]1COC([C@H](Cc2ccccc2)NC(=O)OCC2c3ccccc3-c3ccccc32)=N1)C(N)=O. The summed E-state index contributed by atoms with van der Waals surface area (Å²) in [4.78, 5) is 41.3. The van der Waals surface area contributed by atoms with Crippen LogP contribution in [0.1, 0.15) is 29.5 Å². The van der Waals surface area contributed by atoms with Gasteiger partial charge in [-0.3, -0.25) is 9.59 Å². The fourth-order valence-electron chi connectivity index (χ4n) is 4.93. The minimum Gasteiger partial charge on any atom is -0.477 e. The molecule has 39 heavy (non-hydrogen) atoms. The number of fused-ring (bicyclic) bond motifs is 3. The number of amides is 3. The van der Waals surface area contributed by atoms with Gasteiger partial charge in [-0.05, 0) is 34.7 Å². The first-order valence-electron chi connectivity index (χ1n) is 12.9. The molecule has 200 valence electrons. The molecule has 5 rings (SSSR count). The second-order valence-electron chi connectivity index (χ2n) is 9.64. The number of nitrogens with zero attached hydrogens (tertiary/aromatic N) is 1. The fraction of sp³-hybridized carbons (Fsp3) is 0.267. The van der Waals surface area contributed by atoms with Crippen molar-refractivity contribution in [1.82, 2.24) is 10.6 Å². The molecule has 2 aliphatic rings. The predicted octanol–water partition coefficient (Wildman–Crippen LogP) is 2.92. The number of aliphatic imine (C=N–C) groups is 1. The van der Waals surface area contributed by atoms with Crippen molar-refractivity contribution in [3.63, 3.8) is 0 Å². The third-order valence-electron chi connectivity index (χ3n) is 6.98. The van der Waals surface area contributed by atoms with Crippen molar-refractivity contribution in [2.24, 2.45) is 10.7 Å². The van der Waals surface area contributed by atoms with Gasteiger partial charge in [0.2, 0.25) is 17.7 Å². The molecule has 0 fully saturated rings. The molecule has 1 aliphatic heterocycles. The topological polar surface area (TPSA) is 132 Å². The van der Waals surface area contributed by atoms with Gasteiger partial charge in [-0.25, -0.2) is 9.79 Å². The summed E-state index contributed by atoms with van der Waals surface area (Å²) in [5.74, 6) is -0.975. The molecule has 3 amide bonds. The summed E-state index contributed by atoms with van der Waals surface area (Å²) < 4.78 is 11.5. The normalized spacial score (nSPS) is 17.2. The summed E-state index contributed by atoms with van der Waals surface area (Å²) >= 11 is 0. The molecule has 3 aromatic rings. The Hall–Kier alpha value is -4.66. The summed E-state index contributed by atoms with van der Waals surface area (Å²) in [5, 5.41) is 5.40. The number of carbonyl (C=O) groups excluding carboxylic acids is 3. The van der Waals surface area contributed by atoms with Gasteiger partial charge < -0.3 is 25.8 Å². The number of benzene rings is 3. The van der Waals surface area contributed by atoms with E-state index in [1.54, 1.807) is 0 Å². The number of rotatable bonds is 9. The number of hydrogen-bond donors (Lipinski definition) is 3. The largest absolute Gasteiger partial charge is 0.477 e. The van der Waals surface area contributed by atoms with Gasteiger partial charge in [-0.15, -0.1) is 0 Å². The smallest absolute Gasteiger partial charge is 0.407 e. The second kappa shape index (κ2) is 11.4. The van der Waals surface area contributed by atoms with Gasteiger partial charge in [0.1, 0.15) is 25.3 Å². The first-order valence-corrected chi connectivity index (χ1v) is 12.9. The Balaban J connectivity index is 1.29. The molecule has 0 radical (unpaired) electrons. The van der Waals surface area contributed by atoms with Crippen molar-refractivity contribution in [3.8, 4) is 11.1 Å². The average molecular weight is 527 g/mol. The number of nitrogens with two attached hydrogens (primary N) is 1. The molecule has 0 spiro atoms. The van der Waals surface area contributed by atoms with E-state index in [-0.39, 0.29) is 25.0 Å². The number of nitrogens with one attached hydrogen (secondary N) is 2. The number of primary amides is 1. The number of carbonyl (C=O) groups is 3. The number of ether oxygens (including phenoxy) is 2. The maximum absolute atomic E-state index is 13.0. The Kier molecular flexibility index (Phi) is 7.58. The van der Waals surface area contributed by atoms with Gasteiger partial charge in [0.25, 0.3) is 0 Å². The van der Waals surface area contributed by atoms with E-state index < -0.39 is 36.0 Å². The van der Waals surface area contributed by atoms with Crippen LogP contribution in [0, 0.1) is 0 Å². The van der Waals surface area contributed by atoms with Crippen molar-refractivity contribution in [2.75, 3.05) is 13.2 Å². The van der Waals surface area contributed by atoms with Crippen LogP contribution in [0.4, 0.5) is 4.79 Å². The second-order valence-corrected chi connectivity index (χ2v) is 9.64. The monoisotopic (exact) mass is 526 g/mol. The molecular weight excluding hydrogens is 496 g/mol. The molecule has 9 heteroatoms. The molecule has 3 atom stereocenters. The van der Waals surface area contributed by atoms with Gasteiger partial charge >= 0.3 is 6.09 Å². The van der Waals surface area contributed by atoms with Crippen LogP contribution in [-0.4, -0.2) is 55.1 Å². The zero-order valence-corrected chi connectivity index (χ0v) is 21.5. The molecule has 3 aromatic carbocycles.